The van der Waals surface area contributed by atoms with Crippen LogP contribution in [0.2, 0.25) is 0 Å². The topological polar surface area (TPSA) is 77.9 Å². The van der Waals surface area contributed by atoms with Crippen molar-refractivity contribution in [3.05, 3.63) is 0 Å². The summed E-state index contributed by atoms with van der Waals surface area (Å²) in [5, 5.41) is 9.44. The average molecular weight is 298 g/mol. The summed E-state index contributed by atoms with van der Waals surface area (Å²) < 4.78 is 0. The maximum Gasteiger partial charge on any atom is 0.311 e. The molecule has 1 aliphatic carbocycles. The molecule has 0 aromatic heterocycles. The Balaban J connectivity index is 1.66. The molecule has 0 bridgehead atoms. The summed E-state index contributed by atoms with van der Waals surface area (Å²) in [5.74, 6) is -0.0834. The molecule has 0 radical (unpaired) electrons. The van der Waals surface area contributed by atoms with E-state index in [-0.39, 0.29) is 23.6 Å². The molecule has 2 amide bonds. The van der Waals surface area contributed by atoms with Gasteiger partial charge in [0.05, 0.1) is 5.41 Å². The molecule has 7 heteroatoms. The first kappa shape index (κ1) is 13.7. The normalized spacial score (nSPS) is 32.8. The Bertz CT molecular complexity index is 469. The fourth-order valence-electron chi connectivity index (χ4n) is 3.66. The van der Waals surface area contributed by atoms with Crippen LogP contribution in [-0.4, -0.2) is 64.0 Å². The van der Waals surface area contributed by atoms with E-state index in [0.29, 0.717) is 26.1 Å². The van der Waals surface area contributed by atoms with Gasteiger partial charge in [-0.15, -0.1) is 0 Å². The predicted molar refractivity (Wildman–Crippen MR) is 73.4 cm³/mol. The van der Waals surface area contributed by atoms with Crippen LogP contribution >= 0.6 is 11.8 Å². The first-order chi connectivity index (χ1) is 9.53. The number of thioether (sulfide) groups is 1. The van der Waals surface area contributed by atoms with Gasteiger partial charge in [0, 0.05) is 25.4 Å². The lowest BCUT2D eigenvalue weighted by atomic mass is 9.81. The van der Waals surface area contributed by atoms with E-state index in [2.05, 4.69) is 0 Å². The SMILES string of the molecule is O=C(CN1CCSC1=O)N1C[C@@H]2CCC[C@@]2(C(=O)O)C1. The number of nitrogens with zero attached hydrogens (tertiary/aromatic N) is 2. The van der Waals surface area contributed by atoms with Crippen molar-refractivity contribution in [2.75, 3.05) is 31.9 Å². The molecule has 2 saturated heterocycles. The Morgan fingerprint density at radius 1 is 1.45 bits per heavy atom. The third-order valence-corrected chi connectivity index (χ3v) is 5.71. The van der Waals surface area contributed by atoms with Crippen molar-refractivity contribution in [2.45, 2.75) is 19.3 Å². The van der Waals surface area contributed by atoms with Gasteiger partial charge in [0.15, 0.2) is 0 Å². The Hall–Kier alpha value is -1.24. The van der Waals surface area contributed by atoms with E-state index in [9.17, 15) is 19.5 Å². The zero-order valence-corrected chi connectivity index (χ0v) is 12.0. The van der Waals surface area contributed by atoms with Crippen molar-refractivity contribution in [1.29, 1.82) is 0 Å². The second-order valence-corrected chi connectivity index (χ2v) is 6.91. The van der Waals surface area contributed by atoms with Crippen molar-refractivity contribution in [2.24, 2.45) is 11.3 Å². The third kappa shape index (κ3) is 2.08. The largest absolute Gasteiger partial charge is 0.481 e. The summed E-state index contributed by atoms with van der Waals surface area (Å²) in [4.78, 5) is 38.5. The van der Waals surface area contributed by atoms with Crippen molar-refractivity contribution in [1.82, 2.24) is 9.80 Å². The summed E-state index contributed by atoms with van der Waals surface area (Å²) in [6.07, 6.45) is 2.48. The highest BCUT2D eigenvalue weighted by Crippen LogP contribution is 2.48. The zero-order valence-electron chi connectivity index (χ0n) is 11.2. The van der Waals surface area contributed by atoms with Crippen molar-refractivity contribution >= 4 is 28.9 Å². The number of rotatable bonds is 3. The van der Waals surface area contributed by atoms with Gasteiger partial charge < -0.3 is 14.9 Å². The minimum absolute atomic E-state index is 0.0503. The molecule has 1 N–H and O–H groups in total. The highest BCUT2D eigenvalue weighted by atomic mass is 32.2. The van der Waals surface area contributed by atoms with Gasteiger partial charge in [-0.3, -0.25) is 14.4 Å². The molecular formula is C13H18N2O4S. The van der Waals surface area contributed by atoms with Gasteiger partial charge in [-0.05, 0) is 18.8 Å². The van der Waals surface area contributed by atoms with Crippen LogP contribution in [0.4, 0.5) is 4.79 Å². The number of likely N-dealkylation sites (tertiary alicyclic amines) is 1. The van der Waals surface area contributed by atoms with E-state index in [1.54, 1.807) is 9.80 Å². The fraction of sp³-hybridized carbons (Fsp3) is 0.769. The molecule has 0 spiro atoms. The van der Waals surface area contributed by atoms with E-state index in [1.165, 1.54) is 11.8 Å². The number of carbonyl (C=O) groups is 3. The van der Waals surface area contributed by atoms with Crippen LogP contribution in [0, 0.1) is 11.3 Å². The molecule has 20 heavy (non-hydrogen) atoms. The molecule has 0 unspecified atom stereocenters. The molecule has 0 aromatic carbocycles. The Labute approximate surface area is 121 Å². The van der Waals surface area contributed by atoms with Gasteiger partial charge in [-0.25, -0.2) is 0 Å². The zero-order chi connectivity index (χ0) is 14.3. The summed E-state index contributed by atoms with van der Waals surface area (Å²) in [6.45, 7) is 1.53. The second-order valence-electron chi connectivity index (χ2n) is 5.86. The second kappa shape index (κ2) is 4.95. The van der Waals surface area contributed by atoms with Crippen molar-refractivity contribution < 1.29 is 19.5 Å². The maximum absolute atomic E-state index is 12.3. The van der Waals surface area contributed by atoms with Gasteiger partial charge in [0.25, 0.3) is 5.24 Å². The van der Waals surface area contributed by atoms with Crippen molar-refractivity contribution in [3.63, 3.8) is 0 Å². The number of carboxylic acids is 1. The quantitative estimate of drug-likeness (QED) is 0.836. The molecular weight excluding hydrogens is 280 g/mol. The number of hydrogen-bond acceptors (Lipinski definition) is 4. The van der Waals surface area contributed by atoms with Crippen molar-refractivity contribution in [3.8, 4) is 0 Å². The lowest BCUT2D eigenvalue weighted by Crippen LogP contribution is -2.41. The van der Waals surface area contributed by atoms with Gasteiger partial charge in [-0.1, -0.05) is 18.2 Å². The molecule has 0 aromatic rings. The summed E-state index contributed by atoms with van der Waals surface area (Å²) in [5.41, 5.74) is -0.737. The summed E-state index contributed by atoms with van der Waals surface area (Å²) in [6, 6.07) is 0. The van der Waals surface area contributed by atoms with E-state index in [0.717, 1.165) is 18.6 Å². The van der Waals surface area contributed by atoms with Crippen LogP contribution in [0.5, 0.6) is 0 Å². The minimum Gasteiger partial charge on any atom is -0.481 e. The van der Waals surface area contributed by atoms with Crippen LogP contribution in [-0.2, 0) is 9.59 Å². The van der Waals surface area contributed by atoms with Gasteiger partial charge in [0.1, 0.15) is 6.54 Å². The Morgan fingerprint density at radius 3 is 2.85 bits per heavy atom. The molecule has 3 fully saturated rings. The summed E-state index contributed by atoms with van der Waals surface area (Å²) in [7, 11) is 0. The van der Waals surface area contributed by atoms with Crippen LogP contribution in [0.15, 0.2) is 0 Å². The lowest BCUT2D eigenvalue weighted by molar-refractivity contribution is -0.149. The lowest BCUT2D eigenvalue weighted by Gasteiger charge is -2.24. The number of fused-ring (bicyclic) bond motifs is 1. The van der Waals surface area contributed by atoms with E-state index >= 15 is 0 Å². The number of aliphatic carboxylic acids is 1. The van der Waals surface area contributed by atoms with Crippen LogP contribution in [0.3, 0.4) is 0 Å². The molecule has 3 rings (SSSR count). The van der Waals surface area contributed by atoms with Gasteiger partial charge in [-0.2, -0.15) is 0 Å². The minimum atomic E-state index is -0.775. The molecule has 2 atom stereocenters. The molecule has 2 heterocycles. The number of amides is 2. The Kier molecular flexibility index (Phi) is 3.40. The smallest absolute Gasteiger partial charge is 0.311 e. The highest BCUT2D eigenvalue weighted by Gasteiger charge is 2.55. The van der Waals surface area contributed by atoms with E-state index in [4.69, 9.17) is 0 Å². The number of hydrogen-bond donors (Lipinski definition) is 1. The summed E-state index contributed by atoms with van der Waals surface area (Å²) >= 11 is 1.23. The molecule has 1 saturated carbocycles. The van der Waals surface area contributed by atoms with Crippen LogP contribution in [0.1, 0.15) is 19.3 Å². The van der Waals surface area contributed by atoms with Crippen LogP contribution < -0.4 is 0 Å². The highest BCUT2D eigenvalue weighted by molar-refractivity contribution is 8.13. The standard InChI is InChI=1S/C13H18N2O4S/c16-10(7-14-4-5-20-12(14)19)15-6-9-2-1-3-13(9,8-15)11(17)18/h9H,1-8H2,(H,17,18)/t9-,13+/m0/s1. The monoisotopic (exact) mass is 298 g/mol. The molecule has 2 aliphatic heterocycles. The Morgan fingerprint density at radius 2 is 2.25 bits per heavy atom. The first-order valence-corrected chi connectivity index (χ1v) is 7.94. The molecule has 6 nitrogen and oxygen atoms in total. The van der Waals surface area contributed by atoms with E-state index < -0.39 is 11.4 Å². The van der Waals surface area contributed by atoms with Gasteiger partial charge in [0.2, 0.25) is 5.91 Å². The maximum atomic E-state index is 12.3. The van der Waals surface area contributed by atoms with Gasteiger partial charge >= 0.3 is 5.97 Å². The number of carbonyl (C=O) groups excluding carboxylic acids is 2. The fourth-order valence-corrected chi connectivity index (χ4v) is 4.49. The van der Waals surface area contributed by atoms with Crippen LogP contribution in [0.25, 0.3) is 0 Å². The number of carboxylic acid groups (broad SMARTS) is 1. The van der Waals surface area contributed by atoms with E-state index in [1.807, 2.05) is 0 Å². The predicted octanol–water partition coefficient (Wildman–Crippen LogP) is 0.869. The molecule has 3 aliphatic rings. The third-order valence-electron chi connectivity index (χ3n) is 4.82. The first-order valence-electron chi connectivity index (χ1n) is 6.96. The average Bonchev–Trinajstić information content (AvgIpc) is 3.03. The molecule has 110 valence electrons.